The number of para-hydroxylation sites is 1. The molecule has 0 radical (unpaired) electrons. The summed E-state index contributed by atoms with van der Waals surface area (Å²) in [5, 5.41) is 2.23. The maximum atomic E-state index is 13.2. The van der Waals surface area contributed by atoms with Gasteiger partial charge in [0.05, 0.1) is 16.0 Å². The van der Waals surface area contributed by atoms with Crippen LogP contribution in [0.25, 0.3) is 10.2 Å². The third-order valence-corrected chi connectivity index (χ3v) is 14.5. The molecule has 0 saturated heterocycles. The zero-order valence-corrected chi connectivity index (χ0v) is 22.7. The normalized spacial score (nSPS) is 13.8. The Bertz CT molecular complexity index is 1270. The minimum Gasteiger partial charge on any atom is -0.407 e. The summed E-state index contributed by atoms with van der Waals surface area (Å²) in [6.07, 6.45) is 0. The summed E-state index contributed by atoms with van der Waals surface area (Å²) < 4.78 is 34.4. The van der Waals surface area contributed by atoms with Crippen molar-refractivity contribution in [3.05, 3.63) is 84.9 Å². The fraction of sp³-hybridized carbons (Fsp3) is 0.296. The largest absolute Gasteiger partial charge is 0.407 e. The molecule has 0 aliphatic rings. The molecule has 0 N–H and O–H groups in total. The molecule has 3 aromatic carbocycles. The second-order valence-corrected chi connectivity index (χ2v) is 17.4. The maximum absolute atomic E-state index is 13.2. The summed E-state index contributed by atoms with van der Waals surface area (Å²) in [7, 11) is -6.21. The van der Waals surface area contributed by atoms with Crippen molar-refractivity contribution < 1.29 is 12.8 Å². The highest BCUT2D eigenvalue weighted by Gasteiger charge is 2.50. The van der Waals surface area contributed by atoms with Gasteiger partial charge in [-0.25, -0.2) is 13.4 Å². The number of sulfone groups is 1. The summed E-state index contributed by atoms with van der Waals surface area (Å²) >= 11 is 1.24. The summed E-state index contributed by atoms with van der Waals surface area (Å²) in [4.78, 5) is 4.38. The van der Waals surface area contributed by atoms with Gasteiger partial charge < -0.3 is 4.43 Å². The Balaban J connectivity index is 1.62. The number of benzene rings is 3. The molecule has 0 unspecified atom stereocenters. The first-order valence-electron chi connectivity index (χ1n) is 11.5. The van der Waals surface area contributed by atoms with Crippen molar-refractivity contribution >= 4 is 50.1 Å². The lowest BCUT2D eigenvalue weighted by Crippen LogP contribution is -2.67. The van der Waals surface area contributed by atoms with Gasteiger partial charge in [-0.2, -0.15) is 0 Å². The van der Waals surface area contributed by atoms with Crippen molar-refractivity contribution in [3.8, 4) is 0 Å². The Kier molecular flexibility index (Phi) is 7.10. The zero-order valence-electron chi connectivity index (χ0n) is 20.1. The second kappa shape index (κ2) is 9.74. The van der Waals surface area contributed by atoms with E-state index in [2.05, 4.69) is 74.3 Å². The first-order valence-corrected chi connectivity index (χ1v) is 15.8. The van der Waals surface area contributed by atoms with E-state index in [4.69, 9.17) is 4.43 Å². The van der Waals surface area contributed by atoms with E-state index in [1.54, 1.807) is 0 Å². The number of nitrogens with zero attached hydrogens (tertiary/aromatic N) is 1. The molecule has 4 rings (SSSR count). The van der Waals surface area contributed by atoms with Crippen LogP contribution in [0.1, 0.15) is 27.7 Å². The fourth-order valence-electron chi connectivity index (χ4n) is 4.51. The average molecular weight is 510 g/mol. The number of aromatic nitrogens is 1. The average Bonchev–Trinajstić information content (AvgIpc) is 3.25. The highest BCUT2D eigenvalue weighted by molar-refractivity contribution is 7.93. The SMILES string of the molecule is C[C@H](CO[Si](c1ccccc1)(c1ccccc1)C(C)(C)C)CS(=O)(=O)c1nc2ccccc2s1. The Morgan fingerprint density at radius 2 is 1.41 bits per heavy atom. The molecule has 4 aromatic rings. The molecule has 0 amide bonds. The first kappa shape index (κ1) is 24.8. The topological polar surface area (TPSA) is 56.3 Å². The predicted molar refractivity (Wildman–Crippen MR) is 144 cm³/mol. The van der Waals surface area contributed by atoms with Crippen LogP contribution in [0.4, 0.5) is 0 Å². The van der Waals surface area contributed by atoms with Crippen LogP contribution in [0.5, 0.6) is 0 Å². The Labute approximate surface area is 207 Å². The minimum absolute atomic E-state index is 0.00498. The van der Waals surface area contributed by atoms with Crippen molar-refractivity contribution in [1.82, 2.24) is 4.98 Å². The van der Waals surface area contributed by atoms with Crippen LogP contribution in [0, 0.1) is 5.92 Å². The van der Waals surface area contributed by atoms with Gasteiger partial charge >= 0.3 is 0 Å². The molecular formula is C27H31NO3S2Si. The van der Waals surface area contributed by atoms with Gasteiger partial charge in [0.15, 0.2) is 0 Å². The zero-order chi connectivity index (χ0) is 24.4. The molecule has 7 heteroatoms. The highest BCUT2D eigenvalue weighted by atomic mass is 32.2. The Morgan fingerprint density at radius 1 is 0.882 bits per heavy atom. The van der Waals surface area contributed by atoms with E-state index in [0.717, 1.165) is 10.2 Å². The third-order valence-electron chi connectivity index (χ3n) is 6.05. The molecule has 1 atom stereocenters. The van der Waals surface area contributed by atoms with E-state index in [1.807, 2.05) is 43.3 Å². The summed E-state index contributed by atoms with van der Waals surface area (Å²) in [5.74, 6) is -0.177. The second-order valence-electron chi connectivity index (χ2n) is 9.81. The predicted octanol–water partition coefficient (Wildman–Crippen LogP) is 5.28. The van der Waals surface area contributed by atoms with Gasteiger partial charge in [0.2, 0.25) is 14.2 Å². The molecular weight excluding hydrogens is 479 g/mol. The number of hydrogen-bond acceptors (Lipinski definition) is 5. The van der Waals surface area contributed by atoms with Crippen LogP contribution in [-0.4, -0.2) is 34.1 Å². The molecule has 34 heavy (non-hydrogen) atoms. The van der Waals surface area contributed by atoms with Gasteiger partial charge in [-0.3, -0.25) is 0 Å². The molecule has 4 nitrogen and oxygen atoms in total. The van der Waals surface area contributed by atoms with Gasteiger partial charge in [-0.05, 0) is 33.5 Å². The van der Waals surface area contributed by atoms with Gasteiger partial charge in [-0.1, -0.05) is 100 Å². The molecule has 1 heterocycles. The lowest BCUT2D eigenvalue weighted by Gasteiger charge is -2.43. The van der Waals surface area contributed by atoms with Gasteiger partial charge in [-0.15, -0.1) is 11.3 Å². The van der Waals surface area contributed by atoms with E-state index in [9.17, 15) is 8.42 Å². The van der Waals surface area contributed by atoms with Crippen LogP contribution in [-0.2, 0) is 14.3 Å². The number of fused-ring (bicyclic) bond motifs is 1. The van der Waals surface area contributed by atoms with Gasteiger partial charge in [0.25, 0.3) is 8.32 Å². The van der Waals surface area contributed by atoms with E-state index >= 15 is 0 Å². The summed E-state index contributed by atoms with van der Waals surface area (Å²) in [6.45, 7) is 8.98. The van der Waals surface area contributed by atoms with E-state index in [-0.39, 0.29) is 21.0 Å². The van der Waals surface area contributed by atoms with Crippen molar-refractivity contribution in [1.29, 1.82) is 0 Å². The molecule has 0 aliphatic heterocycles. The Hall–Kier alpha value is -2.32. The van der Waals surface area contributed by atoms with Crippen LogP contribution in [0.3, 0.4) is 0 Å². The number of thiazole rings is 1. The molecule has 0 bridgehead atoms. The van der Waals surface area contributed by atoms with Crippen molar-refractivity contribution in [3.63, 3.8) is 0 Å². The summed E-state index contributed by atoms with van der Waals surface area (Å²) in [6, 6.07) is 28.4. The monoisotopic (exact) mass is 509 g/mol. The molecule has 178 valence electrons. The minimum atomic E-state index is -3.51. The van der Waals surface area contributed by atoms with Crippen LogP contribution in [0.2, 0.25) is 5.04 Å². The quantitative estimate of drug-likeness (QED) is 0.303. The lowest BCUT2D eigenvalue weighted by molar-refractivity contribution is 0.256. The van der Waals surface area contributed by atoms with Gasteiger partial charge in [0, 0.05) is 6.61 Å². The lowest BCUT2D eigenvalue weighted by atomic mass is 10.2. The molecule has 0 fully saturated rings. The van der Waals surface area contributed by atoms with Crippen LogP contribution < -0.4 is 10.4 Å². The molecule has 0 spiro atoms. The van der Waals surface area contributed by atoms with E-state index in [0.29, 0.717) is 6.61 Å². The number of hydrogen-bond donors (Lipinski definition) is 0. The van der Waals surface area contributed by atoms with E-state index in [1.165, 1.54) is 21.7 Å². The molecule has 1 aromatic heterocycles. The van der Waals surface area contributed by atoms with Crippen molar-refractivity contribution in [2.75, 3.05) is 12.4 Å². The van der Waals surface area contributed by atoms with Gasteiger partial charge in [0.1, 0.15) is 0 Å². The third kappa shape index (κ3) is 4.89. The smallest absolute Gasteiger partial charge is 0.261 e. The summed E-state index contributed by atoms with van der Waals surface area (Å²) in [5.41, 5.74) is 0.724. The van der Waals surface area contributed by atoms with Crippen molar-refractivity contribution in [2.24, 2.45) is 5.92 Å². The highest BCUT2D eigenvalue weighted by Crippen LogP contribution is 2.37. The van der Waals surface area contributed by atoms with Crippen LogP contribution in [0.15, 0.2) is 89.3 Å². The van der Waals surface area contributed by atoms with Crippen LogP contribution >= 0.6 is 11.3 Å². The maximum Gasteiger partial charge on any atom is 0.261 e. The molecule has 0 saturated carbocycles. The fourth-order valence-corrected chi connectivity index (χ4v) is 12.1. The van der Waals surface area contributed by atoms with Crippen molar-refractivity contribution in [2.45, 2.75) is 37.1 Å². The van der Waals surface area contributed by atoms with E-state index < -0.39 is 18.2 Å². The standard InChI is InChI=1S/C27H31NO3S2Si/c1-21(20-33(29,30)26-28-24-17-11-12-18-25(24)32-26)19-31-34(27(2,3)4,22-13-7-5-8-14-22)23-15-9-6-10-16-23/h5-18,21H,19-20H2,1-4H3/t21-/m1/s1. The number of rotatable bonds is 8. The first-order chi connectivity index (χ1) is 16.1. The molecule has 0 aliphatic carbocycles. The Morgan fingerprint density at radius 3 is 1.94 bits per heavy atom.